The van der Waals surface area contributed by atoms with Crippen molar-refractivity contribution in [3.63, 3.8) is 0 Å². The Balaban J connectivity index is -0.000000385. The molecule has 0 bridgehead atoms. The summed E-state index contributed by atoms with van der Waals surface area (Å²) in [5.41, 5.74) is 14.0. The number of carbonyl (C=O) groups is 1. The number of ether oxygens (including phenoxy) is 2. The second-order valence-electron chi connectivity index (χ2n) is 21.3. The predicted molar refractivity (Wildman–Crippen MR) is 419 cm³/mol. The zero-order chi connectivity index (χ0) is 75.1. The van der Waals surface area contributed by atoms with Gasteiger partial charge in [-0.3, -0.25) is 4.79 Å². The van der Waals surface area contributed by atoms with Crippen molar-refractivity contribution in [2.75, 3.05) is 0 Å². The normalized spacial score (nSPS) is 10.2. The molecule has 4 unspecified atom stereocenters. The monoisotopic (exact) mass is 1870 g/mol. The second kappa shape index (κ2) is 67.8. The molecule has 0 aliphatic heterocycles. The van der Waals surface area contributed by atoms with Crippen LogP contribution in [0.5, 0.6) is 23.0 Å². The largest absolute Gasteiger partial charge is 1.00 e. The molecule has 107 heavy (non-hydrogen) atoms. The standard InChI is InChI=1S/2C20H16NO.2C11H8NO.C9H9Cl.2C5H12O2.2C2H6.CH2O3.CH4.2Ir.2K.H/c2*1-2-16-6-8-17(9-7-16)15-22-19-12-10-18(11-13-19)20-5-3-4-14-21-20;2*13-10-6-4-9(5-7-10)11-3-1-2-8-12-11;1-2-8-3-5-9(7-10)6-4-8;2*1-4(6)3-5(2)7;2*1-2;2-1-4-3;;;;;;/h2*2-10,12-14H,1,15H2;2*1-4,6-8,13H;2-6H,1,7H2;2*4-7H,3H2,1-2H3;2*1-2H3;1,3H;1H4;;;;;/q4*-1;;;;;;;;;;2*+1;-1/p-1. The Morgan fingerprint density at radius 3 is 0.860 bits per heavy atom. The Labute approximate surface area is 754 Å². The van der Waals surface area contributed by atoms with Gasteiger partial charge in [0.25, 0.3) is 6.47 Å². The fourth-order valence-electron chi connectivity index (χ4n) is 8.12. The number of alkyl halides is 1. The minimum absolute atomic E-state index is 0. The number of aromatic nitrogens is 4. The number of phenols is 2. The van der Waals surface area contributed by atoms with E-state index < -0.39 is 0 Å². The molecule has 0 spiro atoms. The van der Waals surface area contributed by atoms with Gasteiger partial charge in [0.2, 0.25) is 0 Å². The molecular formula is C87H99ClIr2K2N4O11-4. The third-order valence-corrected chi connectivity index (χ3v) is 13.2. The Hall–Kier alpha value is -6.31. The third kappa shape index (κ3) is 49.5. The van der Waals surface area contributed by atoms with E-state index in [1.807, 2.05) is 228 Å². The molecule has 7 aromatic carbocycles. The molecule has 11 rings (SSSR count). The molecule has 0 aliphatic rings. The van der Waals surface area contributed by atoms with Crippen molar-refractivity contribution < 1.29 is 199 Å². The average molecular weight is 1870 g/mol. The maximum Gasteiger partial charge on any atom is 1.00 e. The maximum absolute atomic E-state index is 9.05. The van der Waals surface area contributed by atoms with Gasteiger partial charge in [0.15, 0.2) is 0 Å². The van der Waals surface area contributed by atoms with Crippen LogP contribution in [0.4, 0.5) is 0 Å². The van der Waals surface area contributed by atoms with Gasteiger partial charge in [0, 0.05) is 93.9 Å². The molecule has 0 amide bonds. The molecule has 4 atom stereocenters. The molecule has 0 saturated heterocycles. The maximum atomic E-state index is 9.05. The Kier molecular flexibility index (Phi) is 67.8. The molecule has 6 N–H and O–H groups in total. The van der Waals surface area contributed by atoms with Crippen LogP contribution in [0.25, 0.3) is 63.3 Å². The van der Waals surface area contributed by atoms with E-state index in [0.717, 1.165) is 89.9 Å². The fraction of sp³-hybridized carbons (Fsp3) is 0.207. The number of aliphatic hydroxyl groups excluding tert-OH is 4. The van der Waals surface area contributed by atoms with E-state index in [4.69, 9.17) is 61.8 Å². The number of hydrogen-bond donors (Lipinski definition) is 6. The molecule has 0 saturated carbocycles. The summed E-state index contributed by atoms with van der Waals surface area (Å²) in [7, 11) is 0. The van der Waals surface area contributed by atoms with Gasteiger partial charge in [-0.05, 0) is 121 Å². The van der Waals surface area contributed by atoms with Crippen molar-refractivity contribution in [1.82, 2.24) is 19.9 Å². The number of rotatable bonds is 19. The van der Waals surface area contributed by atoms with Crippen LogP contribution in [0.2, 0.25) is 0 Å². The number of phenolic OH excluding ortho intramolecular Hbond substituents is 2. The summed E-state index contributed by atoms with van der Waals surface area (Å²) in [5.74, 6) is 2.62. The number of benzene rings is 7. The van der Waals surface area contributed by atoms with Crippen LogP contribution in [0.3, 0.4) is 0 Å². The van der Waals surface area contributed by atoms with E-state index >= 15 is 0 Å². The average Bonchev–Trinajstić information content (AvgIpc) is 0.881. The molecule has 11 aromatic rings. The first-order valence-corrected chi connectivity index (χ1v) is 33.5. The Bertz CT molecular complexity index is 3670. The quantitative estimate of drug-likeness (QED) is 0.0110. The smallest absolute Gasteiger partial charge is 1.00 e. The van der Waals surface area contributed by atoms with Crippen molar-refractivity contribution in [3.8, 4) is 68.0 Å². The van der Waals surface area contributed by atoms with Crippen LogP contribution in [0.1, 0.15) is 110 Å². The minimum Gasteiger partial charge on any atom is -1.00 e. The topological polar surface area (TPSA) is 241 Å². The van der Waals surface area contributed by atoms with Crippen LogP contribution in [-0.4, -0.2) is 81.5 Å². The molecule has 4 heterocycles. The summed E-state index contributed by atoms with van der Waals surface area (Å²) in [6.07, 6.45) is 11.9. The molecule has 0 fully saturated rings. The van der Waals surface area contributed by atoms with Gasteiger partial charge in [-0.25, -0.2) is 0 Å². The first-order valence-electron chi connectivity index (χ1n) is 33.0. The molecule has 0 aliphatic carbocycles. The van der Waals surface area contributed by atoms with Gasteiger partial charge in [0.05, 0.1) is 24.4 Å². The molecular weight excluding hydrogens is 1780 g/mol. The minimum atomic E-state index is -0.375. The van der Waals surface area contributed by atoms with Crippen LogP contribution in [0, 0.1) is 24.3 Å². The molecule has 564 valence electrons. The number of hydrogen-bond acceptors (Lipinski definition) is 15. The van der Waals surface area contributed by atoms with Gasteiger partial charge in [-0.15, -0.1) is 131 Å². The van der Waals surface area contributed by atoms with Gasteiger partial charge >= 0.3 is 103 Å². The van der Waals surface area contributed by atoms with Crippen LogP contribution in [0.15, 0.2) is 263 Å². The second-order valence-corrected chi connectivity index (χ2v) is 21.5. The number of aliphatic hydroxyl groups is 4. The van der Waals surface area contributed by atoms with E-state index in [1.54, 1.807) is 76.7 Å². The predicted octanol–water partition coefficient (Wildman–Crippen LogP) is 12.6. The summed E-state index contributed by atoms with van der Waals surface area (Å²) in [6.45, 7) is 26.7. The van der Waals surface area contributed by atoms with Crippen molar-refractivity contribution >= 4 is 36.3 Å². The summed E-state index contributed by atoms with van der Waals surface area (Å²) < 4.78 is 11.6. The first kappa shape index (κ1) is 107. The van der Waals surface area contributed by atoms with Gasteiger partial charge in [-0.2, -0.15) is 0 Å². The van der Waals surface area contributed by atoms with Crippen LogP contribution < -0.4 is 118 Å². The third-order valence-electron chi connectivity index (χ3n) is 12.9. The molecule has 2 radical (unpaired) electrons. The zero-order valence-electron chi connectivity index (χ0n) is 62.9. The summed E-state index contributed by atoms with van der Waals surface area (Å²) in [4.78, 5) is 28.2. The summed E-state index contributed by atoms with van der Waals surface area (Å²) in [6, 6.07) is 81.1. The molecule has 4 aromatic heterocycles. The summed E-state index contributed by atoms with van der Waals surface area (Å²) in [5, 5.41) is 60.8. The number of pyridine rings is 4. The first-order chi connectivity index (χ1) is 49.4. The van der Waals surface area contributed by atoms with Crippen LogP contribution >= 0.6 is 11.6 Å². The number of aromatic hydroxyl groups is 2. The van der Waals surface area contributed by atoms with Crippen molar-refractivity contribution in [3.05, 3.63) is 321 Å². The number of carbonyl (C=O) groups excluding carboxylic acids is 1. The van der Waals surface area contributed by atoms with Crippen molar-refractivity contribution in [2.45, 2.75) is 119 Å². The van der Waals surface area contributed by atoms with Gasteiger partial charge in [0.1, 0.15) is 13.2 Å². The van der Waals surface area contributed by atoms with Crippen molar-refractivity contribution in [1.29, 1.82) is 0 Å². The fourth-order valence-corrected chi connectivity index (χ4v) is 8.30. The summed E-state index contributed by atoms with van der Waals surface area (Å²) >= 11 is 5.60. The van der Waals surface area contributed by atoms with Crippen LogP contribution in [-0.2, 0) is 69.0 Å². The van der Waals surface area contributed by atoms with Crippen molar-refractivity contribution in [2.24, 2.45) is 0 Å². The van der Waals surface area contributed by atoms with Gasteiger partial charge < -0.3 is 71.6 Å². The Morgan fingerprint density at radius 2 is 0.682 bits per heavy atom. The van der Waals surface area contributed by atoms with Gasteiger partial charge in [-0.1, -0.05) is 194 Å². The molecule has 15 nitrogen and oxygen atoms in total. The van der Waals surface area contributed by atoms with E-state index in [9.17, 15) is 0 Å². The Morgan fingerprint density at radius 1 is 0.430 bits per heavy atom. The molecule has 20 heteroatoms. The SMILES string of the molecule is C.C=Cc1ccc(CCl)cc1.C=Cc1ccc(COc2c[c-]c(-c3ccccn3)cc2)cc1.C=Cc1ccc(COc2c[c-]c(-c3ccccn3)cc2)cc1.CC.CC.CC(O)CC(C)O.CC(O)CC(C)O.O=CO[O-].Oc1c[c-]c(-c2ccccn2)cc1.Oc1c[c-]c(-c2ccccn2)cc1.[H-].[Ir].[Ir].[K+].[K+]. The zero-order valence-corrected chi connectivity index (χ0v) is 73.7. The van der Waals surface area contributed by atoms with E-state index in [2.05, 4.69) is 68.8 Å². The van der Waals surface area contributed by atoms with E-state index in [1.165, 1.54) is 12.1 Å². The van der Waals surface area contributed by atoms with E-state index in [-0.39, 0.29) is 194 Å². The number of nitrogens with zero attached hydrogens (tertiary/aromatic N) is 4. The van der Waals surface area contributed by atoms with E-state index in [0.29, 0.717) is 31.9 Å². The number of halogens is 1.